The van der Waals surface area contributed by atoms with Crippen molar-refractivity contribution in [3.05, 3.63) is 29.3 Å². The Kier molecular flexibility index (Phi) is 10.6. The van der Waals surface area contributed by atoms with Crippen LogP contribution in [0.2, 0.25) is 0 Å². The maximum atomic E-state index is 13.1. The second-order valence-corrected chi connectivity index (χ2v) is 11.8. The minimum absolute atomic E-state index is 0.0397. The molecule has 1 fully saturated rings. The first kappa shape index (κ1) is 28.9. The van der Waals surface area contributed by atoms with Crippen LogP contribution in [-0.4, -0.2) is 82.1 Å². The summed E-state index contributed by atoms with van der Waals surface area (Å²) >= 11 is 0. The molecule has 1 aliphatic carbocycles. The summed E-state index contributed by atoms with van der Waals surface area (Å²) in [6.45, 7) is 2.92. The van der Waals surface area contributed by atoms with Crippen molar-refractivity contribution in [3.63, 3.8) is 0 Å². The van der Waals surface area contributed by atoms with Crippen LogP contribution >= 0.6 is 0 Å². The molecule has 1 amide bonds. The molecule has 0 aromatic heterocycles. The normalized spacial score (nSPS) is 17.8. The van der Waals surface area contributed by atoms with Crippen LogP contribution in [0.15, 0.2) is 23.1 Å². The summed E-state index contributed by atoms with van der Waals surface area (Å²) in [4.78, 5) is 12.5. The third-order valence-corrected chi connectivity index (χ3v) is 8.99. The molecule has 3 rings (SSSR count). The van der Waals surface area contributed by atoms with Crippen molar-refractivity contribution >= 4 is 15.9 Å². The van der Waals surface area contributed by atoms with Crippen molar-refractivity contribution in [2.24, 2.45) is 0 Å². The first-order chi connectivity index (χ1) is 17.1. The van der Waals surface area contributed by atoms with Crippen LogP contribution in [0.5, 0.6) is 0 Å². The molecule has 2 N–H and O–H groups in total. The van der Waals surface area contributed by atoms with E-state index in [1.165, 1.54) is 42.5 Å². The number of sulfonamides is 1. The fourth-order valence-electron chi connectivity index (χ4n) is 4.93. The van der Waals surface area contributed by atoms with E-state index < -0.39 is 22.1 Å². The minimum Gasteiger partial charge on any atom is -0.334 e. The molecule has 2 aliphatic rings. The standard InChI is InChI=1S/C25H39F3N4O3S/c1-31(16-6-5-13-29-14-15-30-22-7-3-2-4-8-22)36(34,35)23-10-9-20-11-17-32(18-12-21(20)19-23)24(33)25(26,27)28/h9-10,19,22,29-30H,2-8,11-18H2,1H3. The predicted molar refractivity (Wildman–Crippen MR) is 133 cm³/mol. The van der Waals surface area contributed by atoms with Gasteiger partial charge in [-0.1, -0.05) is 25.3 Å². The van der Waals surface area contributed by atoms with E-state index in [1.807, 2.05) is 0 Å². The molecular weight excluding hydrogens is 493 g/mol. The van der Waals surface area contributed by atoms with E-state index in [0.717, 1.165) is 42.9 Å². The Hall–Kier alpha value is -1.69. The van der Waals surface area contributed by atoms with Gasteiger partial charge < -0.3 is 15.5 Å². The summed E-state index contributed by atoms with van der Waals surface area (Å²) in [5.74, 6) is -1.85. The lowest BCUT2D eigenvalue weighted by atomic mass is 9.95. The van der Waals surface area contributed by atoms with E-state index in [-0.39, 0.29) is 30.8 Å². The van der Waals surface area contributed by atoms with E-state index in [4.69, 9.17) is 0 Å². The first-order valence-corrected chi connectivity index (χ1v) is 14.4. The molecule has 204 valence electrons. The number of hydrogen-bond donors (Lipinski definition) is 2. The number of hydrogen-bond acceptors (Lipinski definition) is 5. The van der Waals surface area contributed by atoms with Crippen LogP contribution in [0.1, 0.15) is 56.1 Å². The van der Waals surface area contributed by atoms with Crippen LogP contribution in [0, 0.1) is 0 Å². The number of nitrogens with zero attached hydrogens (tertiary/aromatic N) is 2. The molecule has 0 atom stereocenters. The smallest absolute Gasteiger partial charge is 0.334 e. The number of alkyl halides is 3. The van der Waals surface area contributed by atoms with Gasteiger partial charge in [-0.3, -0.25) is 4.79 Å². The Balaban J connectivity index is 1.41. The van der Waals surface area contributed by atoms with Crippen LogP contribution < -0.4 is 10.6 Å². The van der Waals surface area contributed by atoms with Crippen LogP contribution in [-0.2, 0) is 27.7 Å². The second-order valence-electron chi connectivity index (χ2n) is 9.79. The molecule has 11 heteroatoms. The van der Waals surface area contributed by atoms with Gasteiger partial charge in [0.25, 0.3) is 0 Å². The number of unbranched alkanes of at least 4 members (excludes halogenated alkanes) is 1. The molecule has 1 aromatic rings. The molecule has 1 aliphatic heterocycles. The van der Waals surface area contributed by atoms with Crippen LogP contribution in [0.3, 0.4) is 0 Å². The van der Waals surface area contributed by atoms with Gasteiger partial charge in [-0.15, -0.1) is 0 Å². The van der Waals surface area contributed by atoms with E-state index in [2.05, 4.69) is 10.6 Å². The predicted octanol–water partition coefficient (Wildman–Crippen LogP) is 3.09. The monoisotopic (exact) mass is 532 g/mol. The maximum Gasteiger partial charge on any atom is 0.471 e. The van der Waals surface area contributed by atoms with Crippen LogP contribution in [0.25, 0.3) is 0 Å². The zero-order valence-corrected chi connectivity index (χ0v) is 21.9. The van der Waals surface area contributed by atoms with E-state index in [0.29, 0.717) is 18.2 Å². The number of nitrogens with one attached hydrogen (secondary N) is 2. The molecule has 36 heavy (non-hydrogen) atoms. The fourth-order valence-corrected chi connectivity index (χ4v) is 6.19. The molecule has 0 bridgehead atoms. The Labute approximate surface area is 212 Å². The number of fused-ring (bicyclic) bond motifs is 1. The summed E-state index contributed by atoms with van der Waals surface area (Å²) in [6, 6.07) is 5.35. The molecule has 1 aromatic carbocycles. The molecular formula is C25H39F3N4O3S. The van der Waals surface area contributed by atoms with E-state index in [1.54, 1.807) is 19.2 Å². The SMILES string of the molecule is CN(CCCCNCCNC1CCCCC1)S(=O)(=O)c1ccc2c(c1)CCN(C(=O)C(F)(F)F)CC2. The number of amides is 1. The highest BCUT2D eigenvalue weighted by atomic mass is 32.2. The van der Waals surface area contributed by atoms with E-state index >= 15 is 0 Å². The van der Waals surface area contributed by atoms with E-state index in [9.17, 15) is 26.4 Å². The lowest BCUT2D eigenvalue weighted by Crippen LogP contribution is -2.42. The lowest BCUT2D eigenvalue weighted by molar-refractivity contribution is -0.185. The van der Waals surface area contributed by atoms with Gasteiger partial charge >= 0.3 is 12.1 Å². The van der Waals surface area contributed by atoms with Gasteiger partial charge in [-0.05, 0) is 68.3 Å². The number of halogens is 3. The molecule has 0 spiro atoms. The Morgan fingerprint density at radius 2 is 1.72 bits per heavy atom. The molecule has 1 heterocycles. The first-order valence-electron chi connectivity index (χ1n) is 13.0. The molecule has 0 unspecified atom stereocenters. The van der Waals surface area contributed by atoms with Crippen molar-refractivity contribution in [2.75, 3.05) is 46.3 Å². The fraction of sp³-hybridized carbons (Fsp3) is 0.720. The number of rotatable bonds is 11. The average molecular weight is 533 g/mol. The Morgan fingerprint density at radius 3 is 2.42 bits per heavy atom. The lowest BCUT2D eigenvalue weighted by Gasteiger charge is -2.22. The Morgan fingerprint density at radius 1 is 1.03 bits per heavy atom. The number of benzene rings is 1. The zero-order valence-electron chi connectivity index (χ0n) is 21.1. The van der Waals surface area contributed by atoms with Crippen molar-refractivity contribution in [2.45, 2.75) is 74.9 Å². The maximum absolute atomic E-state index is 13.1. The molecule has 7 nitrogen and oxygen atoms in total. The summed E-state index contributed by atoms with van der Waals surface area (Å²) < 4.78 is 65.8. The highest BCUT2D eigenvalue weighted by molar-refractivity contribution is 7.89. The third kappa shape index (κ3) is 8.16. The van der Waals surface area contributed by atoms with Crippen molar-refractivity contribution in [1.82, 2.24) is 19.8 Å². The van der Waals surface area contributed by atoms with Gasteiger partial charge in [-0.2, -0.15) is 13.2 Å². The van der Waals surface area contributed by atoms with Gasteiger partial charge in [0.1, 0.15) is 0 Å². The summed E-state index contributed by atoms with van der Waals surface area (Å²) in [7, 11) is -2.16. The van der Waals surface area contributed by atoms with Crippen molar-refractivity contribution in [1.29, 1.82) is 0 Å². The number of carbonyl (C=O) groups is 1. The van der Waals surface area contributed by atoms with Crippen LogP contribution in [0.4, 0.5) is 13.2 Å². The highest BCUT2D eigenvalue weighted by Crippen LogP contribution is 2.25. The van der Waals surface area contributed by atoms with Gasteiger partial charge in [0.05, 0.1) is 4.90 Å². The largest absolute Gasteiger partial charge is 0.471 e. The third-order valence-electron chi connectivity index (χ3n) is 7.13. The van der Waals surface area contributed by atoms with Crippen molar-refractivity contribution < 1.29 is 26.4 Å². The topological polar surface area (TPSA) is 81.8 Å². The average Bonchev–Trinajstić information content (AvgIpc) is 3.07. The summed E-state index contributed by atoms with van der Waals surface area (Å²) in [5, 5.41) is 6.99. The minimum atomic E-state index is -4.91. The molecule has 1 saturated carbocycles. The summed E-state index contributed by atoms with van der Waals surface area (Å²) in [5.41, 5.74) is 1.45. The van der Waals surface area contributed by atoms with Gasteiger partial charge in [-0.25, -0.2) is 12.7 Å². The molecule has 0 saturated heterocycles. The Bertz CT molecular complexity index is 966. The van der Waals surface area contributed by atoms with Gasteiger partial charge in [0.2, 0.25) is 10.0 Å². The number of carbonyl (C=O) groups excluding carboxylic acids is 1. The summed E-state index contributed by atoms with van der Waals surface area (Å²) in [6.07, 6.45) is 3.62. The van der Waals surface area contributed by atoms with Gasteiger partial charge in [0.15, 0.2) is 0 Å². The highest BCUT2D eigenvalue weighted by Gasteiger charge is 2.42. The quantitative estimate of drug-likeness (QED) is 0.428. The van der Waals surface area contributed by atoms with Gasteiger partial charge in [0, 0.05) is 45.8 Å². The zero-order chi connectivity index (χ0) is 26.2. The molecule has 0 radical (unpaired) electrons. The second kappa shape index (κ2) is 13.2. The van der Waals surface area contributed by atoms with Crippen molar-refractivity contribution in [3.8, 4) is 0 Å².